The van der Waals surface area contributed by atoms with Crippen LogP contribution in [0.5, 0.6) is 5.75 Å². The molecule has 4 N–H and O–H groups in total. The van der Waals surface area contributed by atoms with Crippen molar-refractivity contribution in [2.45, 2.75) is 55.1 Å². The third kappa shape index (κ3) is 7.48. The number of nitrogens with two attached hydrogens (primary N) is 1. The van der Waals surface area contributed by atoms with E-state index >= 15 is 0 Å². The molecule has 0 aromatic heterocycles. The highest BCUT2D eigenvalue weighted by molar-refractivity contribution is 7.99. The van der Waals surface area contributed by atoms with Crippen LogP contribution in [0, 0.1) is 0 Å². The molecule has 0 radical (unpaired) electrons. The molecule has 1 heterocycles. The summed E-state index contributed by atoms with van der Waals surface area (Å²) in [7, 11) is -2.07. The van der Waals surface area contributed by atoms with Crippen molar-refractivity contribution < 1.29 is 22.7 Å². The number of ether oxygens (including phenoxy) is 1. The molecule has 1 atom stereocenters. The molecule has 2 amide bonds. The van der Waals surface area contributed by atoms with Gasteiger partial charge in [-0.25, -0.2) is 13.1 Å². The van der Waals surface area contributed by atoms with Gasteiger partial charge < -0.3 is 20.7 Å². The number of carbonyl (C=O) groups excluding carboxylic acids is 2. The second-order valence-electron chi connectivity index (χ2n) is 10.5. The number of hydrogen-bond donors (Lipinski definition) is 3. The van der Waals surface area contributed by atoms with Crippen molar-refractivity contribution in [1.29, 1.82) is 0 Å². The zero-order valence-electron chi connectivity index (χ0n) is 23.6. The van der Waals surface area contributed by atoms with Crippen LogP contribution in [-0.4, -0.2) is 51.2 Å². The highest BCUT2D eigenvalue weighted by Crippen LogP contribution is 2.38. The number of benzene rings is 3. The molecule has 9 nitrogen and oxygen atoms in total. The summed E-state index contributed by atoms with van der Waals surface area (Å²) in [5.41, 5.74) is 8.22. The number of nitrogens with zero attached hydrogens (tertiary/aromatic N) is 1. The van der Waals surface area contributed by atoms with Crippen LogP contribution in [0.3, 0.4) is 0 Å². The van der Waals surface area contributed by atoms with Crippen molar-refractivity contribution in [2.24, 2.45) is 5.73 Å². The molecular formula is C30H36N4O5S2. The molecule has 0 saturated heterocycles. The topological polar surface area (TPSA) is 131 Å². The van der Waals surface area contributed by atoms with Crippen LogP contribution >= 0.6 is 11.8 Å². The van der Waals surface area contributed by atoms with Gasteiger partial charge in [0.05, 0.1) is 24.2 Å². The minimum absolute atomic E-state index is 0.0919. The van der Waals surface area contributed by atoms with Gasteiger partial charge in [0.1, 0.15) is 11.8 Å². The smallest absolute Gasteiger partial charge is 0.250 e. The van der Waals surface area contributed by atoms with Gasteiger partial charge in [-0.3, -0.25) is 9.59 Å². The quantitative estimate of drug-likeness (QED) is 0.323. The van der Waals surface area contributed by atoms with Crippen LogP contribution in [0.4, 0.5) is 5.69 Å². The molecule has 1 aliphatic heterocycles. The van der Waals surface area contributed by atoms with Crippen molar-refractivity contribution in [3.8, 4) is 16.9 Å². The third-order valence-electron chi connectivity index (χ3n) is 6.50. The minimum atomic E-state index is -3.66. The average Bonchev–Trinajstić information content (AvgIpc) is 3.04. The third-order valence-corrected chi connectivity index (χ3v) is 9.24. The lowest BCUT2D eigenvalue weighted by Crippen LogP contribution is -2.51. The van der Waals surface area contributed by atoms with E-state index in [0.717, 1.165) is 21.7 Å². The first kappa shape index (κ1) is 30.6. The lowest BCUT2D eigenvalue weighted by molar-refractivity contribution is -0.127. The first-order chi connectivity index (χ1) is 19.4. The van der Waals surface area contributed by atoms with Gasteiger partial charge in [0.2, 0.25) is 15.9 Å². The van der Waals surface area contributed by atoms with Crippen molar-refractivity contribution in [1.82, 2.24) is 10.0 Å². The molecule has 4 rings (SSSR count). The van der Waals surface area contributed by atoms with Gasteiger partial charge in [0, 0.05) is 34.7 Å². The van der Waals surface area contributed by atoms with Crippen LogP contribution in [-0.2, 0) is 26.2 Å². The summed E-state index contributed by atoms with van der Waals surface area (Å²) in [6.45, 7) is 5.81. The van der Waals surface area contributed by atoms with E-state index in [1.807, 2.05) is 36.4 Å². The maximum Gasteiger partial charge on any atom is 0.250 e. The van der Waals surface area contributed by atoms with Crippen LogP contribution in [0.1, 0.15) is 32.8 Å². The monoisotopic (exact) mass is 596 g/mol. The fourth-order valence-corrected chi connectivity index (χ4v) is 6.98. The number of fused-ring (bicyclic) bond motifs is 1. The number of nitrogens with one attached hydrogen (secondary N) is 2. The number of hydrogen-bond acceptors (Lipinski definition) is 7. The maximum atomic E-state index is 13.8. The number of carbonyl (C=O) groups is 2. The zero-order chi connectivity index (χ0) is 29.8. The first-order valence-electron chi connectivity index (χ1n) is 13.3. The normalized spacial score (nSPS) is 15.7. The van der Waals surface area contributed by atoms with E-state index in [9.17, 15) is 18.0 Å². The van der Waals surface area contributed by atoms with Crippen LogP contribution in [0.2, 0.25) is 0 Å². The van der Waals surface area contributed by atoms with Gasteiger partial charge in [-0.1, -0.05) is 49.4 Å². The SMILES string of the molecule is CCNS(=O)(=O)c1ccccc1-c1ccc(CN2C(=O)[C@H](NC(=O)CC(C)(C)N)CSc3cc(OC)ccc32)cc1. The van der Waals surface area contributed by atoms with Crippen LogP contribution in [0.15, 0.2) is 76.5 Å². The molecule has 0 fully saturated rings. The molecule has 0 bridgehead atoms. The highest BCUT2D eigenvalue weighted by atomic mass is 32.2. The Hall–Kier alpha value is -3.38. The van der Waals surface area contributed by atoms with Crippen molar-refractivity contribution in [3.63, 3.8) is 0 Å². The Balaban J connectivity index is 1.64. The summed E-state index contributed by atoms with van der Waals surface area (Å²) < 4.78 is 33.5. The van der Waals surface area contributed by atoms with E-state index in [4.69, 9.17) is 10.5 Å². The Labute approximate surface area is 245 Å². The molecule has 0 unspecified atom stereocenters. The van der Waals surface area contributed by atoms with E-state index < -0.39 is 21.6 Å². The minimum Gasteiger partial charge on any atom is -0.497 e. The van der Waals surface area contributed by atoms with Crippen molar-refractivity contribution in [2.75, 3.05) is 24.3 Å². The lowest BCUT2D eigenvalue weighted by atomic mass is 10.0. The summed E-state index contributed by atoms with van der Waals surface area (Å²) in [6, 6.07) is 19.1. The second kappa shape index (κ2) is 12.6. The van der Waals surface area contributed by atoms with Gasteiger partial charge in [-0.2, -0.15) is 0 Å². The highest BCUT2D eigenvalue weighted by Gasteiger charge is 2.33. The number of sulfonamides is 1. The molecule has 11 heteroatoms. The predicted octanol–water partition coefficient (Wildman–Crippen LogP) is 3.91. The Morgan fingerprint density at radius 1 is 1.12 bits per heavy atom. The largest absolute Gasteiger partial charge is 0.497 e. The van der Waals surface area contributed by atoms with E-state index in [-0.39, 0.29) is 36.2 Å². The Morgan fingerprint density at radius 2 is 1.83 bits per heavy atom. The van der Waals surface area contributed by atoms with Gasteiger partial charge in [-0.15, -0.1) is 11.8 Å². The molecule has 0 aliphatic carbocycles. The van der Waals surface area contributed by atoms with Crippen molar-refractivity contribution in [3.05, 3.63) is 72.3 Å². The summed E-state index contributed by atoms with van der Waals surface area (Å²) in [6.07, 6.45) is 0.0919. The summed E-state index contributed by atoms with van der Waals surface area (Å²) in [5.74, 6) is 0.528. The first-order valence-corrected chi connectivity index (χ1v) is 15.8. The molecule has 218 valence electrons. The summed E-state index contributed by atoms with van der Waals surface area (Å²) >= 11 is 1.48. The molecule has 0 saturated carbocycles. The van der Waals surface area contributed by atoms with Crippen molar-refractivity contribution >= 4 is 39.3 Å². The molecule has 1 aliphatic rings. The molecule has 3 aromatic carbocycles. The fourth-order valence-electron chi connectivity index (χ4n) is 4.62. The number of anilines is 1. The zero-order valence-corrected chi connectivity index (χ0v) is 25.3. The van der Waals surface area contributed by atoms with Gasteiger partial charge in [0.25, 0.3) is 5.91 Å². The van der Waals surface area contributed by atoms with Gasteiger partial charge in [-0.05, 0) is 49.2 Å². The van der Waals surface area contributed by atoms with Crippen LogP contribution < -0.4 is 25.4 Å². The second-order valence-corrected chi connectivity index (χ2v) is 13.3. The Morgan fingerprint density at radius 3 is 2.49 bits per heavy atom. The number of rotatable bonds is 10. The predicted molar refractivity (Wildman–Crippen MR) is 162 cm³/mol. The van der Waals surface area contributed by atoms with Gasteiger partial charge >= 0.3 is 0 Å². The van der Waals surface area contributed by atoms with Crippen LogP contribution in [0.25, 0.3) is 11.1 Å². The molecular weight excluding hydrogens is 560 g/mol. The average molecular weight is 597 g/mol. The Bertz CT molecular complexity index is 1520. The molecule has 41 heavy (non-hydrogen) atoms. The maximum absolute atomic E-state index is 13.8. The number of methoxy groups -OCH3 is 1. The lowest BCUT2D eigenvalue weighted by Gasteiger charge is -2.27. The standard InChI is InChI=1S/C30H36N4O5S2/c1-5-32-41(37,38)27-9-7-6-8-23(27)21-12-10-20(11-13-21)18-34-25-15-14-22(39-4)16-26(25)40-19-24(29(34)36)33-28(35)17-30(2,3)31/h6-16,24,32H,5,17-19,31H2,1-4H3,(H,33,35)/t24-/m1/s1. The van der Waals surface area contributed by atoms with E-state index in [1.165, 1.54) is 11.8 Å². The van der Waals surface area contributed by atoms with E-state index in [0.29, 0.717) is 17.1 Å². The van der Waals surface area contributed by atoms with Gasteiger partial charge in [0.15, 0.2) is 0 Å². The molecule has 3 aromatic rings. The summed E-state index contributed by atoms with van der Waals surface area (Å²) in [5, 5.41) is 2.88. The van der Waals surface area contributed by atoms with E-state index in [1.54, 1.807) is 63.1 Å². The number of amides is 2. The molecule has 0 spiro atoms. The summed E-state index contributed by atoms with van der Waals surface area (Å²) in [4.78, 5) is 29.3. The Kier molecular flexibility index (Phi) is 9.43. The van der Waals surface area contributed by atoms with E-state index in [2.05, 4.69) is 10.0 Å². The fraction of sp³-hybridized carbons (Fsp3) is 0.333. The number of thioether (sulfide) groups is 1.